The van der Waals surface area contributed by atoms with E-state index < -0.39 is 5.97 Å². The molecule has 2 rings (SSSR count). The Morgan fingerprint density at radius 2 is 2.10 bits per heavy atom. The molecule has 2 aromatic carbocycles. The van der Waals surface area contributed by atoms with Crippen LogP contribution in [-0.2, 0) is 6.54 Å². The highest BCUT2D eigenvalue weighted by atomic mass is 79.9. The molecule has 0 radical (unpaired) electrons. The number of halogens is 2. The highest BCUT2D eigenvalue weighted by Crippen LogP contribution is 2.28. The summed E-state index contributed by atoms with van der Waals surface area (Å²) in [6.07, 6.45) is 0. The molecule has 0 unspecified atom stereocenters. The maximum Gasteiger partial charge on any atom is 0.335 e. The number of aromatic carboxylic acids is 1. The Balaban J connectivity index is 2.15. The largest absolute Gasteiger partial charge is 0.497 e. The van der Waals surface area contributed by atoms with Crippen molar-refractivity contribution < 1.29 is 14.6 Å². The van der Waals surface area contributed by atoms with Gasteiger partial charge in [-0.05, 0) is 29.8 Å². The second kappa shape index (κ2) is 6.83. The summed E-state index contributed by atoms with van der Waals surface area (Å²) in [6, 6.07) is 10.2. The molecule has 6 heteroatoms. The van der Waals surface area contributed by atoms with Gasteiger partial charge in [-0.2, -0.15) is 0 Å². The molecule has 0 spiro atoms. The van der Waals surface area contributed by atoms with Gasteiger partial charge < -0.3 is 15.2 Å². The summed E-state index contributed by atoms with van der Waals surface area (Å²) < 4.78 is 5.89. The van der Waals surface area contributed by atoms with E-state index in [4.69, 9.17) is 21.4 Å². The van der Waals surface area contributed by atoms with Crippen molar-refractivity contribution in [2.24, 2.45) is 0 Å². The third kappa shape index (κ3) is 3.89. The zero-order valence-corrected chi connectivity index (χ0v) is 13.5. The van der Waals surface area contributed by atoms with Gasteiger partial charge in [0.25, 0.3) is 0 Å². The van der Waals surface area contributed by atoms with Crippen LogP contribution in [-0.4, -0.2) is 18.2 Å². The third-order valence-electron chi connectivity index (χ3n) is 2.94. The molecule has 0 saturated heterocycles. The molecule has 2 aromatic rings. The van der Waals surface area contributed by atoms with Gasteiger partial charge in [0.2, 0.25) is 0 Å². The minimum absolute atomic E-state index is 0.241. The van der Waals surface area contributed by atoms with Crippen LogP contribution in [0.25, 0.3) is 0 Å². The summed E-state index contributed by atoms with van der Waals surface area (Å²) >= 11 is 9.49. The van der Waals surface area contributed by atoms with Crippen molar-refractivity contribution >= 4 is 39.2 Å². The van der Waals surface area contributed by atoms with Crippen molar-refractivity contribution in [3.8, 4) is 5.75 Å². The molecule has 4 nitrogen and oxygen atoms in total. The molecule has 0 aliphatic rings. The second-order valence-corrected chi connectivity index (χ2v) is 5.57. The number of ether oxygens (including phenoxy) is 1. The van der Waals surface area contributed by atoms with Crippen LogP contribution in [0.2, 0.25) is 5.02 Å². The minimum Gasteiger partial charge on any atom is -0.497 e. The first-order chi connectivity index (χ1) is 10.0. The topological polar surface area (TPSA) is 58.6 Å². The van der Waals surface area contributed by atoms with E-state index in [1.165, 1.54) is 0 Å². The molecule has 110 valence electrons. The minimum atomic E-state index is -0.953. The fourth-order valence-corrected chi connectivity index (χ4v) is 2.48. The van der Waals surface area contributed by atoms with E-state index in [0.29, 0.717) is 17.3 Å². The van der Waals surface area contributed by atoms with Gasteiger partial charge in [0, 0.05) is 17.1 Å². The Hall–Kier alpha value is -1.72. The fourth-order valence-electron chi connectivity index (χ4n) is 1.78. The van der Waals surface area contributed by atoms with Crippen LogP contribution >= 0.6 is 27.5 Å². The number of carboxylic acid groups (broad SMARTS) is 1. The van der Waals surface area contributed by atoms with Crippen LogP contribution in [0.5, 0.6) is 5.75 Å². The van der Waals surface area contributed by atoms with E-state index in [1.807, 2.05) is 6.07 Å². The normalized spacial score (nSPS) is 10.2. The summed E-state index contributed by atoms with van der Waals surface area (Å²) in [5, 5.41) is 12.7. The van der Waals surface area contributed by atoms with Crippen molar-refractivity contribution in [1.82, 2.24) is 0 Å². The highest BCUT2D eigenvalue weighted by Gasteiger charge is 2.08. The molecule has 0 saturated carbocycles. The third-order valence-corrected chi connectivity index (χ3v) is 4.01. The molecule has 0 aliphatic carbocycles. The number of benzene rings is 2. The summed E-state index contributed by atoms with van der Waals surface area (Å²) in [5.74, 6) is -0.242. The Morgan fingerprint density at radius 3 is 2.71 bits per heavy atom. The van der Waals surface area contributed by atoms with Crippen molar-refractivity contribution in [3.63, 3.8) is 0 Å². The second-order valence-electron chi connectivity index (χ2n) is 4.31. The zero-order chi connectivity index (χ0) is 15.4. The molecule has 0 heterocycles. The lowest BCUT2D eigenvalue weighted by atomic mass is 10.1. The number of hydrogen-bond donors (Lipinski definition) is 2. The standard InChI is InChI=1S/C15H13BrClNO3/c1-21-11-4-5-13(17)14(7-11)18-8-10-3-2-9(15(19)20)6-12(10)16/h2-7,18H,8H2,1H3,(H,19,20). The lowest BCUT2D eigenvalue weighted by Gasteiger charge is -2.11. The number of nitrogens with one attached hydrogen (secondary N) is 1. The van der Waals surface area contributed by atoms with E-state index in [9.17, 15) is 4.79 Å². The van der Waals surface area contributed by atoms with E-state index >= 15 is 0 Å². The molecule has 21 heavy (non-hydrogen) atoms. The molecule has 0 amide bonds. The van der Waals surface area contributed by atoms with Crippen LogP contribution in [0.4, 0.5) is 5.69 Å². The van der Waals surface area contributed by atoms with Gasteiger partial charge in [0.05, 0.1) is 23.4 Å². The molecule has 0 aliphatic heterocycles. The Labute approximate surface area is 135 Å². The number of carbonyl (C=O) groups is 1. The SMILES string of the molecule is COc1ccc(Cl)c(NCc2ccc(C(=O)O)cc2Br)c1. The van der Waals surface area contributed by atoms with Gasteiger partial charge in [-0.3, -0.25) is 0 Å². The van der Waals surface area contributed by atoms with Crippen LogP contribution in [0.15, 0.2) is 40.9 Å². The number of hydrogen-bond acceptors (Lipinski definition) is 3. The summed E-state index contributed by atoms with van der Waals surface area (Å²) in [7, 11) is 1.59. The highest BCUT2D eigenvalue weighted by molar-refractivity contribution is 9.10. The van der Waals surface area contributed by atoms with Gasteiger partial charge in [0.1, 0.15) is 5.75 Å². The molecule has 0 fully saturated rings. The first-order valence-electron chi connectivity index (χ1n) is 6.10. The van der Waals surface area contributed by atoms with Gasteiger partial charge in [0.15, 0.2) is 0 Å². The van der Waals surface area contributed by atoms with Crippen molar-refractivity contribution in [2.75, 3.05) is 12.4 Å². The van der Waals surface area contributed by atoms with E-state index in [1.54, 1.807) is 37.4 Å². The van der Waals surface area contributed by atoms with Gasteiger partial charge in [-0.15, -0.1) is 0 Å². The summed E-state index contributed by atoms with van der Waals surface area (Å²) in [4.78, 5) is 10.9. The predicted octanol–water partition coefficient (Wildman–Crippen LogP) is 4.42. The molecule has 0 atom stereocenters. The average molecular weight is 371 g/mol. The van der Waals surface area contributed by atoms with Crippen LogP contribution < -0.4 is 10.1 Å². The number of carboxylic acids is 1. The summed E-state index contributed by atoms with van der Waals surface area (Å²) in [5.41, 5.74) is 1.93. The van der Waals surface area contributed by atoms with Crippen LogP contribution in [0.1, 0.15) is 15.9 Å². The Morgan fingerprint density at radius 1 is 1.33 bits per heavy atom. The Bertz CT molecular complexity index is 676. The van der Waals surface area contributed by atoms with Gasteiger partial charge in [-0.1, -0.05) is 33.6 Å². The van der Waals surface area contributed by atoms with Crippen LogP contribution in [0, 0.1) is 0 Å². The Kier molecular flexibility index (Phi) is 5.09. The summed E-state index contributed by atoms with van der Waals surface area (Å²) in [6.45, 7) is 0.507. The molecular weight excluding hydrogens is 358 g/mol. The van der Waals surface area contributed by atoms with Crippen LogP contribution in [0.3, 0.4) is 0 Å². The zero-order valence-electron chi connectivity index (χ0n) is 11.2. The van der Waals surface area contributed by atoms with E-state index in [-0.39, 0.29) is 5.56 Å². The number of methoxy groups -OCH3 is 1. The molecule has 0 bridgehead atoms. The maximum atomic E-state index is 10.9. The monoisotopic (exact) mass is 369 g/mol. The first kappa shape index (κ1) is 15.7. The molecule has 2 N–H and O–H groups in total. The molecule has 0 aromatic heterocycles. The lowest BCUT2D eigenvalue weighted by molar-refractivity contribution is 0.0697. The van der Waals surface area contributed by atoms with Gasteiger partial charge in [-0.25, -0.2) is 4.79 Å². The quantitative estimate of drug-likeness (QED) is 0.818. The maximum absolute atomic E-state index is 10.9. The molecular formula is C15H13BrClNO3. The van der Waals surface area contributed by atoms with E-state index in [2.05, 4.69) is 21.2 Å². The predicted molar refractivity (Wildman–Crippen MR) is 86.4 cm³/mol. The smallest absolute Gasteiger partial charge is 0.335 e. The number of anilines is 1. The van der Waals surface area contributed by atoms with Crippen molar-refractivity contribution in [1.29, 1.82) is 0 Å². The van der Waals surface area contributed by atoms with Gasteiger partial charge >= 0.3 is 5.97 Å². The first-order valence-corrected chi connectivity index (χ1v) is 7.27. The fraction of sp³-hybridized carbons (Fsp3) is 0.133. The van der Waals surface area contributed by atoms with E-state index in [0.717, 1.165) is 15.7 Å². The van der Waals surface area contributed by atoms with Crippen molar-refractivity contribution in [3.05, 3.63) is 57.0 Å². The average Bonchev–Trinajstić information content (AvgIpc) is 2.47. The lowest BCUT2D eigenvalue weighted by Crippen LogP contribution is -2.03. The number of rotatable bonds is 5. The van der Waals surface area contributed by atoms with Crippen molar-refractivity contribution in [2.45, 2.75) is 6.54 Å².